The van der Waals surface area contributed by atoms with E-state index in [1.807, 2.05) is 6.07 Å². The van der Waals surface area contributed by atoms with Crippen molar-refractivity contribution in [3.8, 4) is 0 Å². The molecule has 3 heterocycles. The quantitative estimate of drug-likeness (QED) is 0.856. The normalized spacial score (nSPS) is 25.6. The van der Waals surface area contributed by atoms with Gasteiger partial charge in [0.1, 0.15) is 12.3 Å². The number of hydrogen-bond acceptors (Lipinski definition) is 4. The first kappa shape index (κ1) is 11.7. The van der Waals surface area contributed by atoms with E-state index < -0.39 is 0 Å². The summed E-state index contributed by atoms with van der Waals surface area (Å²) in [5.74, 6) is 0.494. The molecule has 1 N–H and O–H groups in total. The van der Waals surface area contributed by atoms with E-state index in [2.05, 4.69) is 10.2 Å². The molecular formula is C13H16N4O3. The van der Waals surface area contributed by atoms with Crippen LogP contribution in [0.15, 0.2) is 6.07 Å². The third-order valence-corrected chi connectivity index (χ3v) is 4.24. The largest absolute Gasteiger partial charge is 0.447 e. The van der Waals surface area contributed by atoms with E-state index in [4.69, 9.17) is 4.74 Å². The molecule has 7 heteroatoms. The van der Waals surface area contributed by atoms with Gasteiger partial charge in [0, 0.05) is 31.2 Å². The second-order valence-corrected chi connectivity index (χ2v) is 5.66. The predicted octanol–water partition coefficient (Wildman–Crippen LogP) is 0.564. The van der Waals surface area contributed by atoms with Gasteiger partial charge in [-0.05, 0) is 18.9 Å². The van der Waals surface area contributed by atoms with Crippen LogP contribution in [0, 0.1) is 0 Å². The first-order chi connectivity index (χ1) is 9.72. The lowest BCUT2D eigenvalue weighted by atomic mass is 10.2. The van der Waals surface area contributed by atoms with Crippen molar-refractivity contribution in [2.24, 2.45) is 0 Å². The molecule has 7 nitrogen and oxygen atoms in total. The molecule has 0 aromatic carbocycles. The van der Waals surface area contributed by atoms with E-state index in [1.54, 1.807) is 9.80 Å². The Morgan fingerprint density at radius 2 is 2.25 bits per heavy atom. The Bertz CT molecular complexity index is 566. The van der Waals surface area contributed by atoms with Gasteiger partial charge >= 0.3 is 6.09 Å². The summed E-state index contributed by atoms with van der Waals surface area (Å²) in [5.41, 5.74) is 1.54. The number of aromatic nitrogens is 2. The van der Waals surface area contributed by atoms with Crippen LogP contribution < -0.4 is 0 Å². The lowest BCUT2D eigenvalue weighted by Crippen LogP contribution is -2.53. The molecule has 1 unspecified atom stereocenters. The Kier molecular flexibility index (Phi) is 2.48. The highest BCUT2D eigenvalue weighted by atomic mass is 16.6. The molecule has 1 saturated carbocycles. The Labute approximate surface area is 115 Å². The topological polar surface area (TPSA) is 78.5 Å². The fourth-order valence-corrected chi connectivity index (χ4v) is 2.88. The number of carbonyl (C=O) groups excluding carboxylic acids is 2. The SMILES string of the molecule is O=C(c1cc(C2CC2)[nH]n1)N1CCN2C(=O)OCC2C1. The first-order valence-electron chi connectivity index (χ1n) is 7.00. The van der Waals surface area contributed by atoms with Crippen LogP contribution in [-0.4, -0.2) is 64.3 Å². The molecule has 3 fully saturated rings. The van der Waals surface area contributed by atoms with Crippen molar-refractivity contribution < 1.29 is 14.3 Å². The molecule has 1 aliphatic carbocycles. The third kappa shape index (κ3) is 1.85. The summed E-state index contributed by atoms with van der Waals surface area (Å²) < 4.78 is 5.00. The Hall–Kier alpha value is -2.05. The molecule has 3 aliphatic rings. The van der Waals surface area contributed by atoms with Gasteiger partial charge in [0.25, 0.3) is 5.91 Å². The van der Waals surface area contributed by atoms with Crippen LogP contribution in [0.4, 0.5) is 4.79 Å². The lowest BCUT2D eigenvalue weighted by molar-refractivity contribution is 0.0611. The maximum absolute atomic E-state index is 12.4. The number of rotatable bonds is 2. The van der Waals surface area contributed by atoms with Gasteiger partial charge in [-0.15, -0.1) is 0 Å². The molecule has 0 bridgehead atoms. The van der Waals surface area contributed by atoms with Crippen LogP contribution in [0.3, 0.4) is 0 Å². The second kappa shape index (κ2) is 4.22. The van der Waals surface area contributed by atoms with Crippen molar-refractivity contribution in [2.45, 2.75) is 24.8 Å². The van der Waals surface area contributed by atoms with E-state index >= 15 is 0 Å². The van der Waals surface area contributed by atoms with Gasteiger partial charge in [-0.1, -0.05) is 0 Å². The number of H-pyrrole nitrogens is 1. The highest BCUT2D eigenvalue weighted by Crippen LogP contribution is 2.39. The summed E-state index contributed by atoms with van der Waals surface area (Å²) in [6.45, 7) is 1.97. The number of aromatic amines is 1. The number of nitrogens with zero attached hydrogens (tertiary/aromatic N) is 3. The number of amides is 2. The number of fused-ring (bicyclic) bond motifs is 1. The predicted molar refractivity (Wildman–Crippen MR) is 68.3 cm³/mol. The van der Waals surface area contributed by atoms with Crippen LogP contribution >= 0.6 is 0 Å². The van der Waals surface area contributed by atoms with Gasteiger partial charge in [-0.2, -0.15) is 5.10 Å². The van der Waals surface area contributed by atoms with E-state index in [-0.39, 0.29) is 18.0 Å². The maximum Gasteiger partial charge on any atom is 0.410 e. The summed E-state index contributed by atoms with van der Waals surface area (Å²) in [5, 5.41) is 7.08. The van der Waals surface area contributed by atoms with E-state index in [0.717, 1.165) is 5.69 Å². The number of hydrogen-bond donors (Lipinski definition) is 1. The monoisotopic (exact) mass is 276 g/mol. The van der Waals surface area contributed by atoms with Crippen molar-refractivity contribution in [3.63, 3.8) is 0 Å². The maximum atomic E-state index is 12.4. The van der Waals surface area contributed by atoms with Crippen molar-refractivity contribution in [1.29, 1.82) is 0 Å². The second-order valence-electron chi connectivity index (χ2n) is 5.66. The molecule has 0 spiro atoms. The summed E-state index contributed by atoms with van der Waals surface area (Å²) in [4.78, 5) is 27.3. The van der Waals surface area contributed by atoms with Gasteiger partial charge in [-0.3, -0.25) is 14.8 Å². The first-order valence-corrected chi connectivity index (χ1v) is 7.00. The molecule has 2 aliphatic heterocycles. The third-order valence-electron chi connectivity index (χ3n) is 4.24. The van der Waals surface area contributed by atoms with Gasteiger partial charge in [-0.25, -0.2) is 4.79 Å². The number of piperazine rings is 1. The van der Waals surface area contributed by atoms with Crippen molar-refractivity contribution in [2.75, 3.05) is 26.2 Å². The molecule has 0 radical (unpaired) electrons. The minimum absolute atomic E-state index is 0.0120. The Morgan fingerprint density at radius 1 is 1.40 bits per heavy atom. The van der Waals surface area contributed by atoms with Gasteiger partial charge < -0.3 is 9.64 Å². The number of carbonyl (C=O) groups is 2. The zero-order valence-electron chi connectivity index (χ0n) is 11.0. The van der Waals surface area contributed by atoms with Crippen molar-refractivity contribution in [3.05, 3.63) is 17.5 Å². The zero-order chi connectivity index (χ0) is 13.7. The summed E-state index contributed by atoms with van der Waals surface area (Å²) in [6.07, 6.45) is 2.09. The highest BCUT2D eigenvalue weighted by Gasteiger charge is 2.39. The number of cyclic esters (lactones) is 1. The molecule has 4 rings (SSSR count). The molecular weight excluding hydrogens is 260 g/mol. The van der Waals surface area contributed by atoms with Gasteiger partial charge in [0.2, 0.25) is 0 Å². The van der Waals surface area contributed by atoms with Crippen LogP contribution in [0.25, 0.3) is 0 Å². The van der Waals surface area contributed by atoms with E-state index in [1.165, 1.54) is 12.8 Å². The molecule has 1 aromatic heterocycles. The fraction of sp³-hybridized carbons (Fsp3) is 0.615. The fourth-order valence-electron chi connectivity index (χ4n) is 2.88. The summed E-state index contributed by atoms with van der Waals surface area (Å²) in [6, 6.07) is 1.85. The summed E-state index contributed by atoms with van der Waals surface area (Å²) >= 11 is 0. The van der Waals surface area contributed by atoms with Gasteiger partial charge in [0.15, 0.2) is 0 Å². The van der Waals surface area contributed by atoms with E-state index in [9.17, 15) is 9.59 Å². The number of ether oxygens (including phenoxy) is 1. The average molecular weight is 276 g/mol. The van der Waals surface area contributed by atoms with E-state index in [0.29, 0.717) is 37.9 Å². The Morgan fingerprint density at radius 3 is 3.05 bits per heavy atom. The molecule has 106 valence electrons. The Balaban J connectivity index is 1.47. The zero-order valence-corrected chi connectivity index (χ0v) is 11.0. The molecule has 2 amide bonds. The van der Waals surface area contributed by atoms with Crippen LogP contribution in [-0.2, 0) is 4.74 Å². The minimum atomic E-state index is -0.266. The average Bonchev–Trinajstić information content (AvgIpc) is 3.09. The molecule has 20 heavy (non-hydrogen) atoms. The van der Waals surface area contributed by atoms with Crippen molar-refractivity contribution >= 4 is 12.0 Å². The highest BCUT2D eigenvalue weighted by molar-refractivity contribution is 5.92. The molecule has 2 saturated heterocycles. The van der Waals surface area contributed by atoms with Crippen LogP contribution in [0.2, 0.25) is 0 Å². The molecule has 1 atom stereocenters. The number of nitrogens with one attached hydrogen (secondary N) is 1. The van der Waals surface area contributed by atoms with Crippen LogP contribution in [0.1, 0.15) is 34.9 Å². The minimum Gasteiger partial charge on any atom is -0.447 e. The summed E-state index contributed by atoms with van der Waals surface area (Å²) in [7, 11) is 0. The van der Waals surface area contributed by atoms with Gasteiger partial charge in [0.05, 0.1) is 6.04 Å². The standard InChI is InChI=1S/C13H16N4O3/c18-12(11-5-10(14-15-11)8-1-2-8)16-3-4-17-9(6-16)7-20-13(17)19/h5,8-9H,1-4,6-7H2,(H,14,15). The van der Waals surface area contributed by atoms with Crippen molar-refractivity contribution in [1.82, 2.24) is 20.0 Å². The lowest BCUT2D eigenvalue weighted by Gasteiger charge is -2.34. The smallest absolute Gasteiger partial charge is 0.410 e. The van der Waals surface area contributed by atoms with Crippen LogP contribution in [0.5, 0.6) is 0 Å². The molecule has 1 aromatic rings.